The van der Waals surface area contributed by atoms with Crippen LogP contribution in [0.5, 0.6) is 0 Å². The molecule has 316 valence electrons. The van der Waals surface area contributed by atoms with E-state index in [4.69, 9.17) is 4.42 Å². The Morgan fingerprint density at radius 1 is 0.279 bits per heavy atom. The van der Waals surface area contributed by atoms with Gasteiger partial charge in [-0.25, -0.2) is 0 Å². The molecule has 0 unspecified atom stereocenters. The maximum Gasteiger partial charge on any atom is 0.140 e. The standard InChI is InChI=1S/C67H42O/c1-3-22-49(23-4-1)67(50-24-5-2-6-25-50)61-42-48(37-39-58(61)66-65(67)59-31-15-16-33-62(59)68-66)63-54-27-11-13-29-56(54)64(57-30-14-12-28-55(57)63)60-41-47(52-32-17-21-44-19-9-10-26-51(44)52)36-38-53(60)46-35-34-43-18-7-8-20-45(43)40-46/h1-42H. The van der Waals surface area contributed by atoms with Gasteiger partial charge in [-0.2, -0.15) is 0 Å². The molecule has 0 atom stereocenters. The van der Waals surface area contributed by atoms with Crippen molar-refractivity contribution in [1.29, 1.82) is 0 Å². The lowest BCUT2D eigenvalue weighted by molar-refractivity contribution is 0.628. The average Bonchev–Trinajstić information content (AvgIpc) is 3.93. The van der Waals surface area contributed by atoms with Gasteiger partial charge in [0.05, 0.1) is 5.41 Å². The predicted molar refractivity (Wildman–Crippen MR) is 285 cm³/mol. The molecule has 1 aliphatic rings. The van der Waals surface area contributed by atoms with Crippen molar-refractivity contribution in [3.63, 3.8) is 0 Å². The Balaban J connectivity index is 1.06. The first-order valence-corrected chi connectivity index (χ1v) is 23.6. The molecule has 13 aromatic rings. The van der Waals surface area contributed by atoms with Crippen molar-refractivity contribution >= 4 is 54.1 Å². The van der Waals surface area contributed by atoms with Gasteiger partial charge in [0.1, 0.15) is 11.3 Å². The molecule has 1 aliphatic carbocycles. The van der Waals surface area contributed by atoms with Crippen molar-refractivity contribution in [3.8, 4) is 55.8 Å². The topological polar surface area (TPSA) is 13.1 Å². The monoisotopic (exact) mass is 862 g/mol. The number of rotatable bonds is 6. The fraction of sp³-hybridized carbons (Fsp3) is 0.0149. The summed E-state index contributed by atoms with van der Waals surface area (Å²) < 4.78 is 6.92. The third-order valence-corrected chi connectivity index (χ3v) is 14.7. The van der Waals surface area contributed by atoms with Crippen LogP contribution in [0.1, 0.15) is 22.3 Å². The summed E-state index contributed by atoms with van der Waals surface area (Å²) in [5.74, 6) is 0.942. The fourth-order valence-corrected chi connectivity index (χ4v) is 11.8. The number of fused-ring (bicyclic) bond motifs is 9. The summed E-state index contributed by atoms with van der Waals surface area (Å²) >= 11 is 0. The highest BCUT2D eigenvalue weighted by atomic mass is 16.3. The number of para-hydroxylation sites is 1. The summed E-state index contributed by atoms with van der Waals surface area (Å²) in [7, 11) is 0. The molecular formula is C67H42O. The number of furan rings is 1. The normalized spacial score (nSPS) is 12.8. The summed E-state index contributed by atoms with van der Waals surface area (Å²) in [5.41, 5.74) is 15.9. The van der Waals surface area contributed by atoms with Crippen LogP contribution in [-0.4, -0.2) is 0 Å². The lowest BCUT2D eigenvalue weighted by Gasteiger charge is -2.33. The van der Waals surface area contributed by atoms with E-state index in [2.05, 4.69) is 255 Å². The minimum absolute atomic E-state index is 0.627. The third-order valence-electron chi connectivity index (χ3n) is 14.7. The molecule has 0 saturated heterocycles. The van der Waals surface area contributed by atoms with Gasteiger partial charge in [0.2, 0.25) is 0 Å². The first kappa shape index (κ1) is 38.5. The lowest BCUT2D eigenvalue weighted by Crippen LogP contribution is -2.28. The minimum atomic E-state index is -0.627. The van der Waals surface area contributed by atoms with Gasteiger partial charge in [-0.3, -0.25) is 0 Å². The Morgan fingerprint density at radius 3 is 1.50 bits per heavy atom. The lowest BCUT2D eigenvalue weighted by atomic mass is 9.67. The Kier molecular flexibility index (Phi) is 8.57. The van der Waals surface area contributed by atoms with Crippen molar-refractivity contribution in [3.05, 3.63) is 277 Å². The first-order valence-electron chi connectivity index (χ1n) is 23.6. The van der Waals surface area contributed by atoms with Gasteiger partial charge in [0, 0.05) is 16.5 Å². The van der Waals surface area contributed by atoms with Crippen molar-refractivity contribution < 1.29 is 4.42 Å². The van der Waals surface area contributed by atoms with Gasteiger partial charge in [-0.05, 0) is 129 Å². The van der Waals surface area contributed by atoms with Crippen LogP contribution < -0.4 is 0 Å². The molecule has 0 radical (unpaired) electrons. The summed E-state index contributed by atoms with van der Waals surface area (Å²) in [4.78, 5) is 0. The second kappa shape index (κ2) is 15.1. The zero-order chi connectivity index (χ0) is 44.8. The second-order valence-corrected chi connectivity index (χ2v) is 18.2. The van der Waals surface area contributed by atoms with Crippen LogP contribution >= 0.6 is 0 Å². The maximum atomic E-state index is 6.92. The van der Waals surface area contributed by atoms with Crippen molar-refractivity contribution in [2.45, 2.75) is 5.41 Å². The van der Waals surface area contributed by atoms with Crippen molar-refractivity contribution in [2.24, 2.45) is 0 Å². The number of hydrogen-bond acceptors (Lipinski definition) is 1. The molecule has 0 amide bonds. The van der Waals surface area contributed by atoms with Gasteiger partial charge in [0.15, 0.2) is 0 Å². The van der Waals surface area contributed by atoms with E-state index in [1.807, 2.05) is 0 Å². The molecule has 0 fully saturated rings. The molecule has 0 aliphatic heterocycles. The van der Waals surface area contributed by atoms with Gasteiger partial charge >= 0.3 is 0 Å². The molecule has 1 heterocycles. The van der Waals surface area contributed by atoms with E-state index in [0.717, 1.165) is 22.3 Å². The molecule has 0 N–H and O–H groups in total. The Hall–Kier alpha value is -8.78. The van der Waals surface area contributed by atoms with E-state index in [9.17, 15) is 0 Å². The van der Waals surface area contributed by atoms with Crippen LogP contribution in [-0.2, 0) is 5.41 Å². The van der Waals surface area contributed by atoms with Crippen LogP contribution in [0.25, 0.3) is 110 Å². The average molecular weight is 863 g/mol. The van der Waals surface area contributed by atoms with Crippen LogP contribution in [0.3, 0.4) is 0 Å². The maximum absolute atomic E-state index is 6.92. The Bertz CT molecular complexity index is 4040. The summed E-state index contributed by atoms with van der Waals surface area (Å²) in [6, 6.07) is 94.0. The van der Waals surface area contributed by atoms with E-state index < -0.39 is 5.41 Å². The largest absolute Gasteiger partial charge is 0.456 e. The van der Waals surface area contributed by atoms with Crippen molar-refractivity contribution in [2.75, 3.05) is 0 Å². The number of hydrogen-bond donors (Lipinski definition) is 0. The highest BCUT2D eigenvalue weighted by Gasteiger charge is 2.49. The van der Waals surface area contributed by atoms with E-state index in [0.29, 0.717) is 0 Å². The zero-order valence-corrected chi connectivity index (χ0v) is 37.2. The Morgan fingerprint density at radius 2 is 0.794 bits per heavy atom. The predicted octanol–water partition coefficient (Wildman–Crippen LogP) is 18.1. The molecular weight excluding hydrogens is 821 g/mol. The van der Waals surface area contributed by atoms with E-state index in [-0.39, 0.29) is 0 Å². The molecule has 1 aromatic heterocycles. The highest BCUT2D eigenvalue weighted by molar-refractivity contribution is 6.23. The molecule has 0 bridgehead atoms. The minimum Gasteiger partial charge on any atom is -0.456 e. The van der Waals surface area contributed by atoms with Gasteiger partial charge in [0.25, 0.3) is 0 Å². The van der Waals surface area contributed by atoms with E-state index in [1.54, 1.807) is 0 Å². The van der Waals surface area contributed by atoms with Crippen molar-refractivity contribution in [1.82, 2.24) is 0 Å². The van der Waals surface area contributed by atoms with Gasteiger partial charge in [-0.1, -0.05) is 231 Å². The van der Waals surface area contributed by atoms with Crippen LogP contribution in [0.2, 0.25) is 0 Å². The molecule has 1 heteroatoms. The molecule has 0 saturated carbocycles. The highest BCUT2D eigenvalue weighted by Crippen LogP contribution is 2.60. The smallest absolute Gasteiger partial charge is 0.140 e. The SMILES string of the molecule is c1ccc(C2(c3ccccc3)c3cc(-c4c5ccccc5c(-c5cc(-c6cccc7ccccc67)ccc5-c5ccc6ccccc6c5)c5ccccc45)ccc3-c3oc4ccccc4c32)cc1. The fourth-order valence-electron chi connectivity index (χ4n) is 11.8. The third kappa shape index (κ3) is 5.63. The van der Waals surface area contributed by atoms with Gasteiger partial charge < -0.3 is 4.42 Å². The molecule has 14 rings (SSSR count). The molecule has 12 aromatic carbocycles. The molecule has 0 spiro atoms. The van der Waals surface area contributed by atoms with E-state index in [1.165, 1.54) is 110 Å². The zero-order valence-electron chi connectivity index (χ0n) is 37.2. The summed E-state index contributed by atoms with van der Waals surface area (Å²) in [6.45, 7) is 0. The summed E-state index contributed by atoms with van der Waals surface area (Å²) in [5, 5.41) is 10.9. The summed E-state index contributed by atoms with van der Waals surface area (Å²) in [6.07, 6.45) is 0. The second-order valence-electron chi connectivity index (χ2n) is 18.2. The van der Waals surface area contributed by atoms with Crippen LogP contribution in [0, 0.1) is 0 Å². The first-order chi connectivity index (χ1) is 33.7. The molecule has 68 heavy (non-hydrogen) atoms. The van der Waals surface area contributed by atoms with E-state index >= 15 is 0 Å². The van der Waals surface area contributed by atoms with Crippen LogP contribution in [0.15, 0.2) is 259 Å². The van der Waals surface area contributed by atoms with Gasteiger partial charge in [-0.15, -0.1) is 0 Å². The van der Waals surface area contributed by atoms with Crippen LogP contribution in [0.4, 0.5) is 0 Å². The molecule has 1 nitrogen and oxygen atoms in total. The number of benzene rings is 12. The quantitative estimate of drug-likeness (QED) is 0.152. The Labute approximate surface area is 394 Å².